The van der Waals surface area contributed by atoms with Crippen LogP contribution in [0, 0.1) is 5.92 Å². The van der Waals surface area contributed by atoms with Gasteiger partial charge in [-0.2, -0.15) is 4.99 Å². The van der Waals surface area contributed by atoms with E-state index in [1.54, 1.807) is 24.3 Å². The standard InChI is InChI=1S/C25H35N5O4/c26-23(33)25(29-14-6-2-7-15-29)12-17-28(18-13-25)21(31)11-3-1-8-16-30-22(32)19-9-4-5-10-20(19)27-24(30)34/h4-5,9-10,19H,1-3,6-8,11-18H2,(H2,26,33). The Morgan fingerprint density at radius 2 is 1.74 bits per heavy atom. The first kappa shape index (κ1) is 24.3. The van der Waals surface area contributed by atoms with Crippen LogP contribution in [0.15, 0.2) is 29.3 Å². The number of likely N-dealkylation sites (tertiary alicyclic amines) is 2. The largest absolute Gasteiger partial charge is 0.368 e. The van der Waals surface area contributed by atoms with E-state index < -0.39 is 17.5 Å². The van der Waals surface area contributed by atoms with Gasteiger partial charge in [-0.15, -0.1) is 0 Å². The highest BCUT2D eigenvalue weighted by atomic mass is 16.2. The van der Waals surface area contributed by atoms with Crippen LogP contribution in [0.2, 0.25) is 0 Å². The lowest BCUT2D eigenvalue weighted by atomic mass is 9.83. The van der Waals surface area contributed by atoms with Gasteiger partial charge in [0.15, 0.2) is 0 Å². The second-order valence-corrected chi connectivity index (χ2v) is 9.67. The maximum absolute atomic E-state index is 12.7. The van der Waals surface area contributed by atoms with Crippen LogP contribution in [-0.4, -0.2) is 82.4 Å². The normalized spacial score (nSPS) is 24.7. The molecule has 5 amide bonds. The van der Waals surface area contributed by atoms with Crippen molar-refractivity contribution in [2.75, 3.05) is 32.7 Å². The topological polar surface area (TPSA) is 116 Å². The number of carbonyl (C=O) groups is 4. The molecule has 0 aromatic carbocycles. The molecular weight excluding hydrogens is 434 g/mol. The van der Waals surface area contributed by atoms with Gasteiger partial charge >= 0.3 is 6.03 Å². The molecule has 0 saturated carbocycles. The highest BCUT2D eigenvalue weighted by Gasteiger charge is 2.45. The maximum Gasteiger partial charge on any atom is 0.350 e. The minimum Gasteiger partial charge on any atom is -0.368 e. The Bertz CT molecular complexity index is 910. The lowest BCUT2D eigenvalue weighted by Crippen LogP contribution is -2.63. The Labute approximate surface area is 200 Å². The summed E-state index contributed by atoms with van der Waals surface area (Å²) < 4.78 is 0. The van der Waals surface area contributed by atoms with Crippen molar-refractivity contribution in [2.45, 2.75) is 63.3 Å². The third-order valence-corrected chi connectivity index (χ3v) is 7.62. The fraction of sp³-hybridized carbons (Fsp3) is 0.640. The summed E-state index contributed by atoms with van der Waals surface area (Å²) in [5.74, 6) is -0.873. The first-order valence-corrected chi connectivity index (χ1v) is 12.5. The molecule has 9 heteroatoms. The van der Waals surface area contributed by atoms with E-state index in [1.165, 1.54) is 11.3 Å². The molecule has 0 aromatic heterocycles. The van der Waals surface area contributed by atoms with Gasteiger partial charge in [0.05, 0.1) is 11.6 Å². The first-order valence-electron chi connectivity index (χ1n) is 12.5. The Morgan fingerprint density at radius 3 is 2.44 bits per heavy atom. The summed E-state index contributed by atoms with van der Waals surface area (Å²) >= 11 is 0. The predicted molar refractivity (Wildman–Crippen MR) is 128 cm³/mol. The second-order valence-electron chi connectivity index (χ2n) is 9.67. The summed E-state index contributed by atoms with van der Waals surface area (Å²) in [4.78, 5) is 59.3. The summed E-state index contributed by atoms with van der Waals surface area (Å²) in [5, 5.41) is 0. The Kier molecular flexibility index (Phi) is 7.60. The number of primary amides is 1. The van der Waals surface area contributed by atoms with E-state index in [4.69, 9.17) is 5.73 Å². The van der Waals surface area contributed by atoms with Crippen LogP contribution >= 0.6 is 0 Å². The van der Waals surface area contributed by atoms with Crippen molar-refractivity contribution >= 4 is 29.5 Å². The van der Waals surface area contributed by atoms with E-state index in [9.17, 15) is 19.2 Å². The van der Waals surface area contributed by atoms with Crippen molar-refractivity contribution in [3.8, 4) is 0 Å². The molecule has 4 aliphatic rings. The fourth-order valence-corrected chi connectivity index (χ4v) is 5.53. The van der Waals surface area contributed by atoms with E-state index in [-0.39, 0.29) is 17.7 Å². The highest BCUT2D eigenvalue weighted by molar-refractivity contribution is 6.21. The van der Waals surface area contributed by atoms with Crippen LogP contribution in [-0.2, 0) is 14.4 Å². The van der Waals surface area contributed by atoms with Gasteiger partial charge in [0.1, 0.15) is 5.54 Å². The van der Waals surface area contributed by atoms with Crippen molar-refractivity contribution in [3.63, 3.8) is 0 Å². The van der Waals surface area contributed by atoms with E-state index >= 15 is 0 Å². The van der Waals surface area contributed by atoms with Gasteiger partial charge in [-0.05, 0) is 57.7 Å². The number of aliphatic imine (C=N–C) groups is 1. The molecule has 2 N–H and O–H groups in total. The van der Waals surface area contributed by atoms with Crippen LogP contribution in [0.1, 0.15) is 57.8 Å². The molecule has 9 nitrogen and oxygen atoms in total. The van der Waals surface area contributed by atoms with E-state index in [0.29, 0.717) is 57.5 Å². The zero-order valence-corrected chi connectivity index (χ0v) is 19.8. The van der Waals surface area contributed by atoms with Crippen LogP contribution in [0.25, 0.3) is 0 Å². The van der Waals surface area contributed by atoms with Crippen molar-refractivity contribution < 1.29 is 19.2 Å². The molecule has 4 rings (SSSR count). The molecule has 0 bridgehead atoms. The summed E-state index contributed by atoms with van der Waals surface area (Å²) in [6, 6.07) is -0.507. The van der Waals surface area contributed by atoms with Gasteiger partial charge in [0, 0.05) is 26.1 Å². The number of unbranched alkanes of at least 4 members (excludes halogenated alkanes) is 2. The molecular formula is C25H35N5O4. The molecule has 0 radical (unpaired) electrons. The number of hydrogen-bond donors (Lipinski definition) is 1. The number of allylic oxidation sites excluding steroid dienone is 3. The van der Waals surface area contributed by atoms with Gasteiger partial charge in [-0.1, -0.05) is 31.1 Å². The van der Waals surface area contributed by atoms with Crippen molar-refractivity contribution in [1.82, 2.24) is 14.7 Å². The summed E-state index contributed by atoms with van der Waals surface area (Å²) in [6.45, 7) is 3.23. The molecule has 0 aromatic rings. The third kappa shape index (κ3) is 4.99. The molecule has 2 fully saturated rings. The molecule has 1 atom stereocenters. The number of imide groups is 1. The van der Waals surface area contributed by atoms with Crippen LogP contribution < -0.4 is 5.73 Å². The lowest BCUT2D eigenvalue weighted by Gasteiger charge is -2.48. The van der Waals surface area contributed by atoms with Crippen molar-refractivity contribution in [2.24, 2.45) is 16.6 Å². The summed E-state index contributed by atoms with van der Waals surface area (Å²) in [5.41, 5.74) is 5.72. The van der Waals surface area contributed by atoms with Crippen LogP contribution in [0.5, 0.6) is 0 Å². The van der Waals surface area contributed by atoms with Gasteiger partial charge in [0.25, 0.3) is 0 Å². The van der Waals surface area contributed by atoms with Crippen molar-refractivity contribution in [1.29, 1.82) is 0 Å². The summed E-state index contributed by atoms with van der Waals surface area (Å²) in [6.07, 6.45) is 14.1. The van der Waals surface area contributed by atoms with Crippen LogP contribution in [0.4, 0.5) is 4.79 Å². The first-order chi connectivity index (χ1) is 16.4. The smallest absolute Gasteiger partial charge is 0.350 e. The number of rotatable bonds is 8. The predicted octanol–water partition coefficient (Wildman–Crippen LogP) is 2.02. The number of nitrogens with two attached hydrogens (primary N) is 1. The number of urea groups is 1. The number of piperidine rings is 2. The van der Waals surface area contributed by atoms with Gasteiger partial charge in [-0.3, -0.25) is 24.2 Å². The average Bonchev–Trinajstić information content (AvgIpc) is 2.86. The molecule has 1 unspecified atom stereocenters. The van der Waals surface area contributed by atoms with Gasteiger partial charge < -0.3 is 10.6 Å². The van der Waals surface area contributed by atoms with E-state index in [2.05, 4.69) is 9.89 Å². The molecule has 34 heavy (non-hydrogen) atoms. The molecule has 2 saturated heterocycles. The number of amides is 5. The summed E-state index contributed by atoms with van der Waals surface area (Å²) in [7, 11) is 0. The number of nitrogens with zero attached hydrogens (tertiary/aromatic N) is 4. The SMILES string of the molecule is NC(=O)C1(N2CCCCC2)CCN(C(=O)CCCCCN2C(=O)N=C3C=CC=CC3C2=O)CC1. The minimum atomic E-state index is -0.615. The van der Waals surface area contributed by atoms with Gasteiger partial charge in [-0.25, -0.2) is 4.79 Å². The Balaban J connectivity index is 1.19. The van der Waals surface area contributed by atoms with E-state index in [0.717, 1.165) is 32.4 Å². The monoisotopic (exact) mass is 469 g/mol. The highest BCUT2D eigenvalue weighted by Crippen LogP contribution is 2.32. The average molecular weight is 470 g/mol. The fourth-order valence-electron chi connectivity index (χ4n) is 5.53. The molecule has 0 spiro atoms. The number of carbonyl (C=O) groups excluding carboxylic acids is 4. The zero-order valence-electron chi connectivity index (χ0n) is 19.8. The molecule has 3 heterocycles. The Hall–Kier alpha value is -2.81. The van der Waals surface area contributed by atoms with Gasteiger partial charge in [0.2, 0.25) is 17.7 Å². The zero-order chi connectivity index (χ0) is 24.1. The number of fused-ring (bicyclic) bond motifs is 1. The quantitative estimate of drug-likeness (QED) is 0.546. The molecule has 184 valence electrons. The molecule has 3 aliphatic heterocycles. The number of hydrogen-bond acceptors (Lipinski definition) is 5. The molecule has 1 aliphatic carbocycles. The van der Waals surface area contributed by atoms with E-state index in [1.807, 2.05) is 4.90 Å². The lowest BCUT2D eigenvalue weighted by molar-refractivity contribution is -0.142. The minimum absolute atomic E-state index is 0.0928. The Morgan fingerprint density at radius 1 is 1.00 bits per heavy atom. The second kappa shape index (κ2) is 10.6. The third-order valence-electron chi connectivity index (χ3n) is 7.62. The van der Waals surface area contributed by atoms with Crippen molar-refractivity contribution in [3.05, 3.63) is 24.3 Å². The van der Waals surface area contributed by atoms with Crippen LogP contribution in [0.3, 0.4) is 0 Å². The maximum atomic E-state index is 12.7.